The number of amides is 1. The Kier molecular flexibility index (Phi) is 6.35. The fraction of sp³-hybridized carbons (Fsp3) is 0.0833. The number of carbonyl (C=O) groups excluding carboxylic acids is 1. The van der Waals surface area contributed by atoms with Gasteiger partial charge in [0.15, 0.2) is 0 Å². The highest BCUT2D eigenvalue weighted by Gasteiger charge is 1.98. The molecule has 1 aromatic rings. The first-order chi connectivity index (χ1) is 8.63. The maximum Gasteiger partial charge on any atom is 0.267 e. The van der Waals surface area contributed by atoms with Crippen molar-refractivity contribution in [3.05, 3.63) is 52.9 Å². The molecule has 1 atom stereocenters. The highest BCUT2D eigenvalue weighted by atomic mass is 35.5. The molecule has 0 radical (unpaired) electrons. The summed E-state index contributed by atoms with van der Waals surface area (Å²) in [5, 5.41) is 10.3. The zero-order chi connectivity index (χ0) is 13.4. The Morgan fingerprint density at radius 2 is 2.00 bits per heavy atom. The van der Waals surface area contributed by atoms with Gasteiger partial charge in [-0.15, -0.1) is 0 Å². The third-order valence-corrected chi connectivity index (χ3v) is 3.35. The minimum atomic E-state index is -1.23. The molecule has 0 aromatic heterocycles. The number of rotatable bonds is 5. The summed E-state index contributed by atoms with van der Waals surface area (Å²) in [5.74, 6) is -0.595. The Morgan fingerprint density at radius 3 is 2.61 bits per heavy atom. The molecule has 2 N–H and O–H groups in total. The van der Waals surface area contributed by atoms with E-state index in [1.165, 1.54) is 17.0 Å². The number of hydrogen-bond acceptors (Lipinski definition) is 3. The number of benzene rings is 1. The van der Waals surface area contributed by atoms with Crippen LogP contribution in [0.3, 0.4) is 0 Å². The molecular formula is C12H12ClNO3S. The molecule has 4 nitrogen and oxygen atoms in total. The number of halogens is 1. The Morgan fingerprint density at radius 1 is 1.33 bits per heavy atom. The van der Waals surface area contributed by atoms with Crippen molar-refractivity contribution < 1.29 is 14.2 Å². The quantitative estimate of drug-likeness (QED) is 0.496. The van der Waals surface area contributed by atoms with E-state index in [0.717, 1.165) is 0 Å². The van der Waals surface area contributed by atoms with Crippen molar-refractivity contribution in [2.24, 2.45) is 0 Å². The maximum absolute atomic E-state index is 11.7. The Bertz CT molecular complexity index is 483. The van der Waals surface area contributed by atoms with Crippen molar-refractivity contribution in [1.29, 1.82) is 0 Å². The molecule has 0 aliphatic rings. The first-order valence-electron chi connectivity index (χ1n) is 5.07. The molecule has 0 bridgehead atoms. The molecule has 0 fully saturated rings. The largest absolute Gasteiger partial charge is 0.288 e. The van der Waals surface area contributed by atoms with Crippen LogP contribution >= 0.6 is 11.6 Å². The van der Waals surface area contributed by atoms with Crippen LogP contribution in [0.15, 0.2) is 52.8 Å². The summed E-state index contributed by atoms with van der Waals surface area (Å²) in [6.45, 7) is 0. The van der Waals surface area contributed by atoms with Crippen molar-refractivity contribution in [3.8, 4) is 0 Å². The third-order valence-electron chi connectivity index (χ3n) is 1.92. The molecule has 0 spiro atoms. The lowest BCUT2D eigenvalue weighted by atomic mass is 10.4. The molecule has 0 aliphatic carbocycles. The van der Waals surface area contributed by atoms with Gasteiger partial charge in [0.2, 0.25) is 0 Å². The van der Waals surface area contributed by atoms with Crippen molar-refractivity contribution >= 4 is 28.3 Å². The average Bonchev–Trinajstić information content (AvgIpc) is 2.38. The minimum absolute atomic E-state index is 0.451. The van der Waals surface area contributed by atoms with E-state index in [2.05, 4.69) is 0 Å². The zero-order valence-corrected chi connectivity index (χ0v) is 10.9. The molecule has 18 heavy (non-hydrogen) atoms. The molecule has 0 saturated heterocycles. The van der Waals surface area contributed by atoms with Crippen molar-refractivity contribution in [2.75, 3.05) is 0 Å². The lowest BCUT2D eigenvalue weighted by Gasteiger charge is -1.96. The fourth-order valence-corrected chi connectivity index (χ4v) is 2.05. The zero-order valence-electron chi connectivity index (χ0n) is 9.38. The van der Waals surface area contributed by atoms with Gasteiger partial charge in [0.25, 0.3) is 5.91 Å². The number of hydrogen-bond donors (Lipinski definition) is 2. The lowest BCUT2D eigenvalue weighted by molar-refractivity contribution is -0.124. The van der Waals surface area contributed by atoms with E-state index in [0.29, 0.717) is 16.3 Å². The predicted molar refractivity (Wildman–Crippen MR) is 70.7 cm³/mol. The second kappa shape index (κ2) is 7.81. The van der Waals surface area contributed by atoms with Gasteiger partial charge in [0, 0.05) is 21.4 Å². The van der Waals surface area contributed by atoms with E-state index in [4.69, 9.17) is 16.8 Å². The average molecular weight is 286 g/mol. The summed E-state index contributed by atoms with van der Waals surface area (Å²) >= 11 is 5.72. The summed E-state index contributed by atoms with van der Waals surface area (Å²) in [7, 11) is -1.23. The second-order valence-corrected chi connectivity index (χ2v) is 5.01. The van der Waals surface area contributed by atoms with E-state index < -0.39 is 16.7 Å². The van der Waals surface area contributed by atoms with Crippen LogP contribution in [-0.4, -0.2) is 15.3 Å². The summed E-state index contributed by atoms with van der Waals surface area (Å²) in [6.07, 6.45) is 4.86. The van der Waals surface area contributed by atoms with E-state index in [9.17, 15) is 9.00 Å². The van der Waals surface area contributed by atoms with Gasteiger partial charge in [0.1, 0.15) is 0 Å². The van der Waals surface area contributed by atoms with Crippen LogP contribution in [0.4, 0.5) is 0 Å². The maximum atomic E-state index is 11.7. The van der Waals surface area contributed by atoms with Crippen LogP contribution in [-0.2, 0) is 15.6 Å². The first kappa shape index (κ1) is 14.6. The van der Waals surface area contributed by atoms with Gasteiger partial charge in [-0.2, -0.15) is 0 Å². The molecule has 0 heterocycles. The highest BCUT2D eigenvalue weighted by Crippen LogP contribution is 2.13. The van der Waals surface area contributed by atoms with Crippen LogP contribution < -0.4 is 5.48 Å². The summed E-state index contributed by atoms with van der Waals surface area (Å²) in [5.41, 5.74) is 1.47. The summed E-state index contributed by atoms with van der Waals surface area (Å²) in [6, 6.07) is 6.73. The fourth-order valence-electron chi connectivity index (χ4n) is 1.08. The van der Waals surface area contributed by atoms with Gasteiger partial charge in [0.05, 0.1) is 10.8 Å². The molecule has 6 heteroatoms. The summed E-state index contributed by atoms with van der Waals surface area (Å²) < 4.78 is 11.7. The smallest absolute Gasteiger partial charge is 0.267 e. The molecule has 1 rings (SSSR count). The number of carbonyl (C=O) groups is 1. The third kappa shape index (κ3) is 5.27. The number of hydroxylamine groups is 1. The topological polar surface area (TPSA) is 66.4 Å². The SMILES string of the molecule is O=C(C=CCC=CS(=O)c1ccc(Cl)cc1)NO. The monoisotopic (exact) mass is 285 g/mol. The number of allylic oxidation sites excluding steroid dienone is 2. The van der Waals surface area contributed by atoms with Gasteiger partial charge in [-0.3, -0.25) is 10.0 Å². The molecule has 1 amide bonds. The van der Waals surface area contributed by atoms with Crippen LogP contribution in [0.5, 0.6) is 0 Å². The predicted octanol–water partition coefficient (Wildman–Crippen LogP) is 2.41. The van der Waals surface area contributed by atoms with E-state index in [1.54, 1.807) is 36.4 Å². The second-order valence-electron chi connectivity index (χ2n) is 3.24. The van der Waals surface area contributed by atoms with Gasteiger partial charge >= 0.3 is 0 Å². The Labute approximate surface area is 112 Å². The van der Waals surface area contributed by atoms with Crippen molar-refractivity contribution in [1.82, 2.24) is 5.48 Å². The van der Waals surface area contributed by atoms with Gasteiger partial charge in [-0.1, -0.05) is 23.8 Å². The van der Waals surface area contributed by atoms with Gasteiger partial charge < -0.3 is 0 Å². The van der Waals surface area contributed by atoms with Crippen LogP contribution in [0.25, 0.3) is 0 Å². The molecular weight excluding hydrogens is 274 g/mol. The lowest BCUT2D eigenvalue weighted by Crippen LogP contribution is -2.14. The van der Waals surface area contributed by atoms with Crippen LogP contribution in [0.1, 0.15) is 6.42 Å². The van der Waals surface area contributed by atoms with E-state index in [1.807, 2.05) is 0 Å². The van der Waals surface area contributed by atoms with Gasteiger partial charge in [-0.05, 0) is 30.7 Å². The molecule has 96 valence electrons. The normalized spacial score (nSPS) is 13.0. The summed E-state index contributed by atoms with van der Waals surface area (Å²) in [4.78, 5) is 11.3. The van der Waals surface area contributed by atoms with Crippen molar-refractivity contribution in [3.63, 3.8) is 0 Å². The van der Waals surface area contributed by atoms with Crippen LogP contribution in [0, 0.1) is 0 Å². The van der Waals surface area contributed by atoms with E-state index >= 15 is 0 Å². The van der Waals surface area contributed by atoms with E-state index in [-0.39, 0.29) is 0 Å². The molecule has 1 aromatic carbocycles. The molecule has 0 saturated carbocycles. The first-order valence-corrected chi connectivity index (χ1v) is 6.66. The minimum Gasteiger partial charge on any atom is -0.288 e. The molecule has 1 unspecified atom stereocenters. The molecule has 0 aliphatic heterocycles. The number of nitrogens with one attached hydrogen (secondary N) is 1. The highest BCUT2D eigenvalue weighted by molar-refractivity contribution is 7.88. The Hall–Kier alpha value is -1.43. The van der Waals surface area contributed by atoms with Crippen molar-refractivity contribution in [2.45, 2.75) is 11.3 Å². The Balaban J connectivity index is 2.47. The van der Waals surface area contributed by atoms with Gasteiger partial charge in [-0.25, -0.2) is 9.69 Å². The standard InChI is InChI=1S/C12H12ClNO3S/c13-10-5-7-11(8-6-10)18(17)9-3-1-2-4-12(15)14-16/h2-9,16H,1H2,(H,14,15). The van der Waals surface area contributed by atoms with Crippen LogP contribution in [0.2, 0.25) is 5.02 Å².